The molecule has 5 heteroatoms. The van der Waals surface area contributed by atoms with Gasteiger partial charge in [-0.05, 0) is 51.5 Å². The van der Waals surface area contributed by atoms with Gasteiger partial charge in [-0.2, -0.15) is 0 Å². The number of carbonyl (C=O) groups excluding carboxylic acids is 2. The van der Waals surface area contributed by atoms with Crippen molar-refractivity contribution in [2.24, 2.45) is 5.92 Å². The van der Waals surface area contributed by atoms with Crippen LogP contribution in [0.4, 0.5) is 0 Å². The SMILES string of the molecule is C/C=C\C=C(/C)C(NC(=O)CC1CCCCC1)C(=O)N(CCC)CC(C)=N. The number of nitrogens with one attached hydrogen (secondary N) is 2. The average Bonchev–Trinajstić information content (AvgIpc) is 2.63. The van der Waals surface area contributed by atoms with E-state index in [-0.39, 0.29) is 11.8 Å². The first-order valence-corrected chi connectivity index (χ1v) is 10.3. The summed E-state index contributed by atoms with van der Waals surface area (Å²) in [6, 6.07) is -0.664. The standard InChI is InChI=1S/C22H37N3O2/c1-5-7-11-17(3)21(22(27)25(14-6-2)16-18(4)23)24-20(26)15-19-12-9-8-10-13-19/h5,7,11,19,21,23H,6,8-10,12-16H2,1-4H3,(H,24,26)/b7-5-,17-11+,23-18?. The minimum absolute atomic E-state index is 0.0449. The van der Waals surface area contributed by atoms with Crippen molar-refractivity contribution in [3.05, 3.63) is 23.8 Å². The van der Waals surface area contributed by atoms with Crippen molar-refractivity contribution >= 4 is 17.5 Å². The average molecular weight is 376 g/mol. The highest BCUT2D eigenvalue weighted by Crippen LogP contribution is 2.26. The molecule has 152 valence electrons. The predicted molar refractivity (Wildman–Crippen MR) is 112 cm³/mol. The molecule has 1 unspecified atom stereocenters. The van der Waals surface area contributed by atoms with E-state index in [1.54, 1.807) is 11.8 Å². The van der Waals surface area contributed by atoms with Gasteiger partial charge in [-0.15, -0.1) is 0 Å². The van der Waals surface area contributed by atoms with Crippen molar-refractivity contribution in [2.75, 3.05) is 13.1 Å². The Morgan fingerprint density at radius 3 is 2.44 bits per heavy atom. The Morgan fingerprint density at radius 1 is 1.22 bits per heavy atom. The van der Waals surface area contributed by atoms with Crippen molar-refractivity contribution in [1.82, 2.24) is 10.2 Å². The van der Waals surface area contributed by atoms with Gasteiger partial charge in [0.1, 0.15) is 6.04 Å². The molecule has 0 aromatic carbocycles. The van der Waals surface area contributed by atoms with Gasteiger partial charge in [0.25, 0.3) is 0 Å². The van der Waals surface area contributed by atoms with E-state index in [4.69, 9.17) is 5.41 Å². The topological polar surface area (TPSA) is 73.3 Å². The molecular weight excluding hydrogens is 338 g/mol. The third-order valence-corrected chi connectivity index (χ3v) is 4.99. The van der Waals surface area contributed by atoms with Crippen LogP contribution in [-0.4, -0.2) is 41.6 Å². The summed E-state index contributed by atoms with van der Waals surface area (Å²) in [6.45, 7) is 8.41. The Balaban J connectivity index is 2.91. The zero-order valence-electron chi connectivity index (χ0n) is 17.5. The molecule has 1 fully saturated rings. The second-order valence-electron chi connectivity index (χ2n) is 7.69. The fourth-order valence-corrected chi connectivity index (χ4v) is 3.59. The molecule has 2 N–H and O–H groups in total. The van der Waals surface area contributed by atoms with Gasteiger partial charge in [-0.3, -0.25) is 9.59 Å². The first-order chi connectivity index (χ1) is 12.9. The number of nitrogens with zero attached hydrogens (tertiary/aromatic N) is 1. The molecule has 0 radical (unpaired) electrons. The highest BCUT2D eigenvalue weighted by Gasteiger charge is 2.28. The maximum Gasteiger partial charge on any atom is 0.249 e. The van der Waals surface area contributed by atoms with Gasteiger partial charge in [-0.25, -0.2) is 0 Å². The first kappa shape index (κ1) is 23.1. The van der Waals surface area contributed by atoms with Gasteiger partial charge in [0.15, 0.2) is 0 Å². The van der Waals surface area contributed by atoms with E-state index in [0.717, 1.165) is 24.8 Å². The van der Waals surface area contributed by atoms with Gasteiger partial charge >= 0.3 is 0 Å². The van der Waals surface area contributed by atoms with E-state index >= 15 is 0 Å². The van der Waals surface area contributed by atoms with Crippen LogP contribution >= 0.6 is 0 Å². The van der Waals surface area contributed by atoms with Crippen LogP contribution in [0.25, 0.3) is 0 Å². The normalized spacial score (nSPS) is 17.0. The Bertz CT molecular complexity index is 560. The van der Waals surface area contributed by atoms with Crippen molar-refractivity contribution in [3.8, 4) is 0 Å². The van der Waals surface area contributed by atoms with E-state index < -0.39 is 6.04 Å². The number of rotatable bonds is 10. The van der Waals surface area contributed by atoms with Gasteiger partial charge in [-0.1, -0.05) is 44.4 Å². The van der Waals surface area contributed by atoms with Crippen LogP contribution in [0.5, 0.6) is 0 Å². The zero-order chi connectivity index (χ0) is 20.2. The molecule has 1 rings (SSSR count). The monoisotopic (exact) mass is 375 g/mol. The Morgan fingerprint density at radius 2 is 1.89 bits per heavy atom. The third-order valence-electron chi connectivity index (χ3n) is 4.99. The summed E-state index contributed by atoms with van der Waals surface area (Å²) in [5.41, 5.74) is 1.26. The lowest BCUT2D eigenvalue weighted by molar-refractivity contribution is -0.135. The van der Waals surface area contributed by atoms with Crippen molar-refractivity contribution in [1.29, 1.82) is 5.41 Å². The number of allylic oxidation sites excluding steroid dienone is 3. The lowest BCUT2D eigenvalue weighted by Gasteiger charge is -2.29. The molecule has 0 aliphatic heterocycles. The van der Waals surface area contributed by atoms with Gasteiger partial charge < -0.3 is 15.6 Å². The fraction of sp³-hybridized carbons (Fsp3) is 0.682. The van der Waals surface area contributed by atoms with E-state index in [9.17, 15) is 9.59 Å². The molecule has 0 bridgehead atoms. The minimum atomic E-state index is -0.664. The summed E-state index contributed by atoms with van der Waals surface area (Å²) in [5, 5.41) is 10.7. The molecule has 0 aromatic heterocycles. The van der Waals surface area contributed by atoms with Crippen LogP contribution in [0.1, 0.15) is 72.6 Å². The third kappa shape index (κ3) is 8.55. The smallest absolute Gasteiger partial charge is 0.249 e. The summed E-state index contributed by atoms with van der Waals surface area (Å²) < 4.78 is 0. The number of carbonyl (C=O) groups is 2. The second kappa shape index (κ2) is 12.5. The molecule has 27 heavy (non-hydrogen) atoms. The van der Waals surface area contributed by atoms with E-state index in [1.807, 2.05) is 39.0 Å². The minimum Gasteiger partial charge on any atom is -0.341 e. The van der Waals surface area contributed by atoms with Crippen LogP contribution in [-0.2, 0) is 9.59 Å². The molecular formula is C22H37N3O2. The van der Waals surface area contributed by atoms with Crippen LogP contribution in [0.15, 0.2) is 23.8 Å². The van der Waals surface area contributed by atoms with Crippen molar-refractivity contribution < 1.29 is 9.59 Å². The Labute approximate surface area is 164 Å². The molecule has 1 aliphatic carbocycles. The summed E-state index contributed by atoms with van der Waals surface area (Å²) in [7, 11) is 0. The van der Waals surface area contributed by atoms with Crippen LogP contribution in [0, 0.1) is 11.3 Å². The molecule has 0 heterocycles. The predicted octanol–water partition coefficient (Wildman–Crippen LogP) is 4.24. The molecule has 5 nitrogen and oxygen atoms in total. The maximum absolute atomic E-state index is 13.2. The molecule has 0 saturated heterocycles. The first-order valence-electron chi connectivity index (χ1n) is 10.3. The lowest BCUT2D eigenvalue weighted by atomic mass is 9.86. The van der Waals surface area contributed by atoms with E-state index in [0.29, 0.717) is 31.1 Å². The molecule has 1 aliphatic rings. The van der Waals surface area contributed by atoms with Crippen LogP contribution < -0.4 is 5.32 Å². The highest BCUT2D eigenvalue weighted by molar-refractivity contribution is 5.93. The lowest BCUT2D eigenvalue weighted by Crippen LogP contribution is -2.50. The molecule has 1 saturated carbocycles. The van der Waals surface area contributed by atoms with Crippen LogP contribution in [0.2, 0.25) is 0 Å². The summed E-state index contributed by atoms with van der Waals surface area (Å²) in [4.78, 5) is 27.5. The van der Waals surface area contributed by atoms with Gasteiger partial charge in [0, 0.05) is 18.7 Å². The van der Waals surface area contributed by atoms with Gasteiger partial charge in [0.2, 0.25) is 11.8 Å². The zero-order valence-corrected chi connectivity index (χ0v) is 17.5. The number of amides is 2. The summed E-state index contributed by atoms with van der Waals surface area (Å²) in [6.07, 6.45) is 12.9. The molecule has 2 amide bonds. The highest BCUT2D eigenvalue weighted by atomic mass is 16.2. The van der Waals surface area contributed by atoms with E-state index in [2.05, 4.69) is 5.32 Å². The van der Waals surface area contributed by atoms with E-state index in [1.165, 1.54) is 19.3 Å². The molecule has 1 atom stereocenters. The fourth-order valence-electron chi connectivity index (χ4n) is 3.59. The molecule has 0 aromatic rings. The summed E-state index contributed by atoms with van der Waals surface area (Å²) >= 11 is 0. The Kier molecular flexibility index (Phi) is 10.7. The van der Waals surface area contributed by atoms with Gasteiger partial charge in [0.05, 0.1) is 6.54 Å². The number of hydrogen-bond donors (Lipinski definition) is 2. The summed E-state index contributed by atoms with van der Waals surface area (Å²) in [5.74, 6) is 0.264. The van der Waals surface area contributed by atoms with Crippen molar-refractivity contribution in [3.63, 3.8) is 0 Å². The largest absolute Gasteiger partial charge is 0.341 e. The number of hydrogen-bond acceptors (Lipinski definition) is 3. The quantitative estimate of drug-likeness (QED) is 0.443. The maximum atomic E-state index is 13.2. The van der Waals surface area contributed by atoms with Crippen molar-refractivity contribution in [2.45, 2.75) is 78.7 Å². The van der Waals surface area contributed by atoms with Crippen LogP contribution in [0.3, 0.4) is 0 Å². The Hall–Kier alpha value is -1.91. The second-order valence-corrected chi connectivity index (χ2v) is 7.69. The molecule has 0 spiro atoms.